The van der Waals surface area contributed by atoms with Crippen LogP contribution in [0.15, 0.2) is 83.8 Å². The van der Waals surface area contributed by atoms with E-state index in [1.807, 2.05) is 48.5 Å². The third-order valence-corrected chi connectivity index (χ3v) is 8.48. The zero-order chi connectivity index (χ0) is 26.2. The van der Waals surface area contributed by atoms with Crippen LogP contribution in [-0.2, 0) is 24.9 Å². The van der Waals surface area contributed by atoms with Crippen molar-refractivity contribution in [3.05, 3.63) is 134 Å². The zero-order valence-electron chi connectivity index (χ0n) is 20.9. The number of amides is 1. The van der Waals surface area contributed by atoms with E-state index in [-0.39, 0.29) is 24.1 Å². The molecule has 2 unspecified atom stereocenters. The van der Waals surface area contributed by atoms with Gasteiger partial charge in [0.2, 0.25) is 5.43 Å². The second-order valence-electron chi connectivity index (χ2n) is 10.5. The highest BCUT2D eigenvalue weighted by molar-refractivity contribution is 5.96. The number of halogens is 1. The van der Waals surface area contributed by atoms with Crippen LogP contribution < -0.4 is 10.4 Å². The largest absolute Gasteiger partial charge is 0.502 e. The molecule has 6 nitrogen and oxygen atoms in total. The van der Waals surface area contributed by atoms with Gasteiger partial charge in [0.05, 0.1) is 0 Å². The molecule has 0 saturated carbocycles. The van der Waals surface area contributed by atoms with E-state index in [0.29, 0.717) is 12.1 Å². The summed E-state index contributed by atoms with van der Waals surface area (Å²) in [5.41, 5.74) is 4.27. The summed E-state index contributed by atoms with van der Waals surface area (Å²) in [5.74, 6) is -1.19. The molecule has 1 amide bonds. The van der Waals surface area contributed by atoms with Gasteiger partial charge in [0.15, 0.2) is 11.4 Å². The summed E-state index contributed by atoms with van der Waals surface area (Å²) < 4.78 is 16.8. The first-order chi connectivity index (χ1) is 18.4. The molecule has 2 heterocycles. The minimum atomic E-state index is -0.785. The fraction of sp³-hybridized carbons (Fsp3) is 0.226. The Morgan fingerprint density at radius 3 is 2.50 bits per heavy atom. The van der Waals surface area contributed by atoms with Crippen molar-refractivity contribution >= 4 is 5.91 Å². The zero-order valence-corrected chi connectivity index (χ0v) is 20.9. The summed E-state index contributed by atoms with van der Waals surface area (Å²) >= 11 is 0. The van der Waals surface area contributed by atoms with E-state index in [1.54, 1.807) is 28.8 Å². The van der Waals surface area contributed by atoms with Crippen LogP contribution in [0.1, 0.15) is 43.9 Å². The van der Waals surface area contributed by atoms with Gasteiger partial charge in [-0.25, -0.2) is 4.39 Å². The number of pyridine rings is 1. The molecule has 0 saturated heterocycles. The van der Waals surface area contributed by atoms with Gasteiger partial charge in [0.25, 0.3) is 5.91 Å². The van der Waals surface area contributed by atoms with E-state index >= 15 is 4.39 Å². The summed E-state index contributed by atoms with van der Waals surface area (Å²) in [4.78, 5) is 27.9. The molecule has 7 heteroatoms. The van der Waals surface area contributed by atoms with E-state index in [4.69, 9.17) is 0 Å². The molecular weight excluding hydrogens is 481 g/mol. The summed E-state index contributed by atoms with van der Waals surface area (Å²) in [6.45, 7) is 2.28. The smallest absolute Gasteiger partial charge is 0.278 e. The SMILES string of the molecule is Cc1cc2c(cc1F)C1(N3CN(Cc4ccccc4)C(=O)c4c(O)c(=O)ccn43)c3ccccc3CC1C2. The second-order valence-corrected chi connectivity index (χ2v) is 10.5. The molecule has 1 aromatic heterocycles. The molecule has 1 aliphatic heterocycles. The molecule has 0 radical (unpaired) electrons. The predicted molar refractivity (Wildman–Crippen MR) is 141 cm³/mol. The molecule has 2 aliphatic carbocycles. The van der Waals surface area contributed by atoms with Gasteiger partial charge in [-0.2, -0.15) is 0 Å². The number of aryl methyl sites for hydroxylation is 1. The van der Waals surface area contributed by atoms with Crippen LogP contribution in [0.3, 0.4) is 0 Å². The fourth-order valence-corrected chi connectivity index (χ4v) is 6.88. The van der Waals surface area contributed by atoms with E-state index < -0.39 is 22.6 Å². The van der Waals surface area contributed by atoms with E-state index in [1.165, 1.54) is 11.6 Å². The van der Waals surface area contributed by atoms with Crippen molar-refractivity contribution < 1.29 is 14.3 Å². The first kappa shape index (κ1) is 22.8. The molecule has 38 heavy (non-hydrogen) atoms. The Morgan fingerprint density at radius 1 is 0.947 bits per heavy atom. The molecule has 0 fully saturated rings. The lowest BCUT2D eigenvalue weighted by molar-refractivity contribution is 0.0630. The Morgan fingerprint density at radius 2 is 1.68 bits per heavy atom. The van der Waals surface area contributed by atoms with Crippen LogP contribution in [0.5, 0.6) is 5.75 Å². The molecule has 3 aliphatic rings. The maximum Gasteiger partial charge on any atom is 0.278 e. The highest BCUT2D eigenvalue weighted by Crippen LogP contribution is 2.57. The first-order valence-electron chi connectivity index (χ1n) is 12.8. The Hall–Kier alpha value is -4.39. The van der Waals surface area contributed by atoms with Crippen LogP contribution in [0, 0.1) is 18.7 Å². The average Bonchev–Trinajstić information content (AvgIpc) is 3.39. The second kappa shape index (κ2) is 8.05. The number of carbonyl (C=O) groups excluding carboxylic acids is 1. The van der Waals surface area contributed by atoms with Crippen molar-refractivity contribution in [1.29, 1.82) is 0 Å². The van der Waals surface area contributed by atoms with Crippen LogP contribution in [0.25, 0.3) is 0 Å². The van der Waals surface area contributed by atoms with Gasteiger partial charge in [-0.3, -0.25) is 19.3 Å². The number of carbonyl (C=O) groups is 1. The van der Waals surface area contributed by atoms with Crippen LogP contribution in [0.2, 0.25) is 0 Å². The van der Waals surface area contributed by atoms with Crippen molar-refractivity contribution in [2.45, 2.75) is 31.8 Å². The van der Waals surface area contributed by atoms with Crippen molar-refractivity contribution in [2.24, 2.45) is 5.92 Å². The lowest BCUT2D eigenvalue weighted by Gasteiger charge is -2.50. The standard InChI is InChI=1S/C31H26FN3O3/c1-19-13-22-15-23-14-21-9-5-6-10-24(21)31(23,25(22)16-26(19)32)35-18-33(17-20-7-3-2-4-8-20)30(38)28-29(37)27(36)11-12-34(28)35/h2-13,16,23,37H,14-15,17-18H2,1H3. The number of fused-ring (bicyclic) bond motifs is 6. The van der Waals surface area contributed by atoms with Crippen LogP contribution in [0.4, 0.5) is 4.39 Å². The number of aromatic hydroxyl groups is 1. The van der Waals surface area contributed by atoms with Crippen LogP contribution >= 0.6 is 0 Å². The molecule has 3 aromatic carbocycles. The molecule has 0 bridgehead atoms. The van der Waals surface area contributed by atoms with Crippen molar-refractivity contribution in [3.63, 3.8) is 0 Å². The van der Waals surface area contributed by atoms with Gasteiger partial charge in [0, 0.05) is 24.7 Å². The van der Waals surface area contributed by atoms with E-state index in [0.717, 1.165) is 35.1 Å². The van der Waals surface area contributed by atoms with Gasteiger partial charge < -0.3 is 10.0 Å². The minimum absolute atomic E-state index is 0.0711. The highest BCUT2D eigenvalue weighted by atomic mass is 19.1. The quantitative estimate of drug-likeness (QED) is 0.451. The summed E-state index contributed by atoms with van der Waals surface area (Å²) in [6, 6.07) is 22.7. The molecule has 7 rings (SSSR count). The number of hydrogen-bond acceptors (Lipinski definition) is 4. The lowest BCUT2D eigenvalue weighted by atomic mass is 9.81. The lowest BCUT2D eigenvalue weighted by Crippen LogP contribution is -2.63. The van der Waals surface area contributed by atoms with Crippen molar-refractivity contribution in [2.75, 3.05) is 11.7 Å². The Labute approximate surface area is 219 Å². The number of benzene rings is 3. The van der Waals surface area contributed by atoms with Crippen LogP contribution in [-0.4, -0.2) is 27.3 Å². The number of hydrogen-bond donors (Lipinski definition) is 1. The van der Waals surface area contributed by atoms with Gasteiger partial charge in [0.1, 0.15) is 18.0 Å². The van der Waals surface area contributed by atoms with Gasteiger partial charge >= 0.3 is 0 Å². The summed E-state index contributed by atoms with van der Waals surface area (Å²) in [6.07, 6.45) is 3.12. The Kier molecular flexibility index (Phi) is 4.83. The molecule has 1 N–H and O–H groups in total. The molecule has 2 atom stereocenters. The number of nitrogens with zero attached hydrogens (tertiary/aromatic N) is 3. The molecule has 0 spiro atoms. The third kappa shape index (κ3) is 2.99. The highest BCUT2D eigenvalue weighted by Gasteiger charge is 2.59. The molecule has 190 valence electrons. The summed E-state index contributed by atoms with van der Waals surface area (Å²) in [7, 11) is 0. The Balaban J connectivity index is 1.50. The maximum absolute atomic E-state index is 15.2. The van der Waals surface area contributed by atoms with Crippen molar-refractivity contribution in [1.82, 2.24) is 9.58 Å². The third-order valence-electron chi connectivity index (χ3n) is 8.48. The Bertz CT molecular complexity index is 1680. The average molecular weight is 508 g/mol. The minimum Gasteiger partial charge on any atom is -0.502 e. The fourth-order valence-electron chi connectivity index (χ4n) is 6.88. The van der Waals surface area contributed by atoms with Gasteiger partial charge in [-0.05, 0) is 59.2 Å². The van der Waals surface area contributed by atoms with E-state index in [9.17, 15) is 14.7 Å². The maximum atomic E-state index is 15.2. The predicted octanol–water partition coefficient (Wildman–Crippen LogP) is 4.23. The summed E-state index contributed by atoms with van der Waals surface area (Å²) in [5, 5.41) is 13.0. The number of rotatable bonds is 3. The monoisotopic (exact) mass is 507 g/mol. The first-order valence-corrected chi connectivity index (χ1v) is 12.8. The van der Waals surface area contributed by atoms with Gasteiger partial charge in [-0.15, -0.1) is 0 Å². The van der Waals surface area contributed by atoms with E-state index in [2.05, 4.69) is 17.1 Å². The van der Waals surface area contributed by atoms with Crippen molar-refractivity contribution in [3.8, 4) is 5.75 Å². The normalized spacial score (nSPS) is 21.2. The molecule has 4 aromatic rings. The molecular formula is C31H26FN3O3. The van der Waals surface area contributed by atoms with Gasteiger partial charge in [-0.1, -0.05) is 60.7 Å². The topological polar surface area (TPSA) is 65.8 Å². The number of aromatic nitrogens is 1.